The first-order valence-corrected chi connectivity index (χ1v) is 6.59. The van der Waals surface area contributed by atoms with E-state index in [0.717, 1.165) is 10.6 Å². The number of anilines is 1. The molecule has 4 nitrogen and oxygen atoms in total. The van der Waals surface area contributed by atoms with Crippen molar-refractivity contribution in [1.82, 2.24) is 4.98 Å². The highest BCUT2D eigenvalue weighted by atomic mass is 35.5. The smallest absolute Gasteiger partial charge is 0.140 e. The number of nitrogen functional groups attached to an aromatic ring is 1. The lowest BCUT2D eigenvalue weighted by Crippen LogP contribution is -2.09. The monoisotopic (exact) mass is 281 g/mol. The lowest BCUT2D eigenvalue weighted by Gasteiger charge is -2.06. The summed E-state index contributed by atoms with van der Waals surface area (Å²) in [6.07, 6.45) is 0. The van der Waals surface area contributed by atoms with Crippen LogP contribution in [0.2, 0.25) is 5.02 Å². The average molecular weight is 282 g/mol. The van der Waals surface area contributed by atoms with E-state index in [-0.39, 0.29) is 5.75 Å². The van der Waals surface area contributed by atoms with Gasteiger partial charge in [-0.15, -0.1) is 11.8 Å². The number of nitrogens with zero attached hydrogens (tertiary/aromatic N) is 1. The number of nitrogens with two attached hydrogens (primary N) is 1. The normalized spacial score (nSPS) is 10.3. The summed E-state index contributed by atoms with van der Waals surface area (Å²) in [5.74, 6) is 6.78. The Morgan fingerprint density at radius 3 is 2.61 bits per heavy atom. The first kappa shape index (κ1) is 13.0. The fourth-order valence-electron chi connectivity index (χ4n) is 1.36. The van der Waals surface area contributed by atoms with Crippen LogP contribution >= 0.6 is 23.4 Å². The maximum atomic E-state index is 9.19. The van der Waals surface area contributed by atoms with Gasteiger partial charge < -0.3 is 10.5 Å². The van der Waals surface area contributed by atoms with Crippen molar-refractivity contribution in [2.45, 2.75) is 10.6 Å². The molecule has 0 amide bonds. The van der Waals surface area contributed by atoms with E-state index in [0.29, 0.717) is 16.6 Å². The number of benzene rings is 1. The Morgan fingerprint density at radius 1 is 1.22 bits per heavy atom. The Hall–Kier alpha value is -1.43. The van der Waals surface area contributed by atoms with Gasteiger partial charge in [0.05, 0.1) is 10.7 Å². The molecule has 4 N–H and O–H groups in total. The third-order valence-electron chi connectivity index (χ3n) is 2.28. The van der Waals surface area contributed by atoms with E-state index in [1.54, 1.807) is 36.0 Å². The van der Waals surface area contributed by atoms with Crippen LogP contribution in [-0.2, 0) is 5.75 Å². The maximum absolute atomic E-state index is 9.19. The molecule has 0 radical (unpaired) electrons. The first-order chi connectivity index (χ1) is 8.69. The molecule has 6 heteroatoms. The average Bonchev–Trinajstić information content (AvgIpc) is 2.40. The summed E-state index contributed by atoms with van der Waals surface area (Å²) in [4.78, 5) is 5.32. The Morgan fingerprint density at radius 2 is 1.94 bits per heavy atom. The predicted molar refractivity (Wildman–Crippen MR) is 74.7 cm³/mol. The number of nitrogens with one attached hydrogen (secondary N) is 1. The molecule has 1 aromatic heterocycles. The zero-order chi connectivity index (χ0) is 13.0. The van der Waals surface area contributed by atoms with Crippen LogP contribution in [0.3, 0.4) is 0 Å². The molecule has 0 saturated heterocycles. The lowest BCUT2D eigenvalue weighted by molar-refractivity contribution is 0.475. The molecule has 0 aliphatic rings. The first-order valence-electron chi connectivity index (χ1n) is 5.23. The van der Waals surface area contributed by atoms with Crippen molar-refractivity contribution >= 4 is 29.2 Å². The van der Waals surface area contributed by atoms with Gasteiger partial charge in [-0.05, 0) is 36.4 Å². The number of hydrazine groups is 1. The fraction of sp³-hybridized carbons (Fsp3) is 0.0833. The summed E-state index contributed by atoms with van der Waals surface area (Å²) in [6.45, 7) is 0. The summed E-state index contributed by atoms with van der Waals surface area (Å²) < 4.78 is 0. The summed E-state index contributed by atoms with van der Waals surface area (Å²) in [6, 6.07) is 10.5. The molecule has 1 aromatic carbocycles. The number of phenolic OH excluding ortho intramolecular Hbond substituents is 1. The molecule has 94 valence electrons. The molecule has 0 spiro atoms. The Kier molecular flexibility index (Phi) is 4.30. The maximum Gasteiger partial charge on any atom is 0.140 e. The van der Waals surface area contributed by atoms with Gasteiger partial charge in [-0.1, -0.05) is 11.6 Å². The zero-order valence-corrected chi connectivity index (χ0v) is 11.0. The quantitative estimate of drug-likeness (QED) is 0.456. The van der Waals surface area contributed by atoms with Crippen molar-refractivity contribution in [3.05, 3.63) is 47.1 Å². The standard InChI is InChI=1S/C12H12ClN3OS/c13-10-5-6-12(16-14)15-11(10)7-18-9-3-1-8(17)2-4-9/h1-6,17H,7,14H2,(H,15,16). The van der Waals surface area contributed by atoms with Crippen LogP contribution < -0.4 is 11.3 Å². The summed E-state index contributed by atoms with van der Waals surface area (Å²) in [7, 11) is 0. The van der Waals surface area contributed by atoms with Crippen LogP contribution in [0.25, 0.3) is 0 Å². The molecule has 2 aromatic rings. The molecule has 2 rings (SSSR count). The second kappa shape index (κ2) is 5.95. The van der Waals surface area contributed by atoms with E-state index in [1.165, 1.54) is 0 Å². The zero-order valence-electron chi connectivity index (χ0n) is 9.43. The molecule has 0 unspecified atom stereocenters. The highest BCUT2D eigenvalue weighted by Gasteiger charge is 2.04. The second-order valence-electron chi connectivity index (χ2n) is 3.55. The molecular weight excluding hydrogens is 270 g/mol. The van der Waals surface area contributed by atoms with Crippen LogP contribution in [0.15, 0.2) is 41.3 Å². The number of phenols is 1. The number of aromatic hydroxyl groups is 1. The highest BCUT2D eigenvalue weighted by Crippen LogP contribution is 2.27. The SMILES string of the molecule is NNc1ccc(Cl)c(CSc2ccc(O)cc2)n1. The summed E-state index contributed by atoms with van der Waals surface area (Å²) in [5.41, 5.74) is 3.26. The number of rotatable bonds is 4. The molecule has 0 aliphatic carbocycles. The number of hydrogen-bond acceptors (Lipinski definition) is 5. The number of hydrogen-bond donors (Lipinski definition) is 3. The van der Waals surface area contributed by atoms with Crippen LogP contribution in [0.4, 0.5) is 5.82 Å². The Bertz CT molecular complexity index is 533. The van der Waals surface area contributed by atoms with Gasteiger partial charge in [0.25, 0.3) is 0 Å². The van der Waals surface area contributed by atoms with Gasteiger partial charge in [0.15, 0.2) is 0 Å². The van der Waals surface area contributed by atoms with Crippen molar-refractivity contribution in [2.75, 3.05) is 5.43 Å². The number of pyridine rings is 1. The Labute approximate surface area is 114 Å². The van der Waals surface area contributed by atoms with E-state index in [9.17, 15) is 5.11 Å². The van der Waals surface area contributed by atoms with E-state index < -0.39 is 0 Å². The topological polar surface area (TPSA) is 71.2 Å². The molecule has 0 aliphatic heterocycles. The number of aromatic nitrogens is 1. The van der Waals surface area contributed by atoms with Gasteiger partial charge in [0.1, 0.15) is 11.6 Å². The molecule has 18 heavy (non-hydrogen) atoms. The summed E-state index contributed by atoms with van der Waals surface area (Å²) in [5, 5.41) is 9.80. The van der Waals surface area contributed by atoms with Crippen molar-refractivity contribution in [3.8, 4) is 5.75 Å². The molecular formula is C12H12ClN3OS. The van der Waals surface area contributed by atoms with Crippen molar-refractivity contribution < 1.29 is 5.11 Å². The largest absolute Gasteiger partial charge is 0.508 e. The van der Waals surface area contributed by atoms with Gasteiger partial charge in [0.2, 0.25) is 0 Å². The molecule has 0 atom stereocenters. The minimum atomic E-state index is 0.254. The van der Waals surface area contributed by atoms with Gasteiger partial charge in [-0.3, -0.25) is 0 Å². The van der Waals surface area contributed by atoms with E-state index >= 15 is 0 Å². The van der Waals surface area contributed by atoms with Gasteiger partial charge in [0, 0.05) is 10.6 Å². The predicted octanol–water partition coefficient (Wildman–Crippen LogP) is 3.02. The van der Waals surface area contributed by atoms with E-state index in [1.807, 2.05) is 12.1 Å². The molecule has 0 saturated carbocycles. The minimum Gasteiger partial charge on any atom is -0.508 e. The van der Waals surface area contributed by atoms with E-state index in [2.05, 4.69) is 10.4 Å². The Balaban J connectivity index is 2.07. The van der Waals surface area contributed by atoms with Gasteiger partial charge in [-0.2, -0.15) is 0 Å². The molecule has 1 heterocycles. The number of halogens is 1. The summed E-state index contributed by atoms with van der Waals surface area (Å²) >= 11 is 7.65. The van der Waals surface area contributed by atoms with Crippen molar-refractivity contribution in [2.24, 2.45) is 5.84 Å². The third kappa shape index (κ3) is 3.29. The number of thioether (sulfide) groups is 1. The van der Waals surface area contributed by atoms with Crippen molar-refractivity contribution in [3.63, 3.8) is 0 Å². The van der Waals surface area contributed by atoms with Crippen LogP contribution in [0.1, 0.15) is 5.69 Å². The highest BCUT2D eigenvalue weighted by molar-refractivity contribution is 7.98. The van der Waals surface area contributed by atoms with E-state index in [4.69, 9.17) is 17.4 Å². The van der Waals surface area contributed by atoms with Crippen molar-refractivity contribution in [1.29, 1.82) is 0 Å². The van der Waals surface area contributed by atoms with Gasteiger partial charge >= 0.3 is 0 Å². The lowest BCUT2D eigenvalue weighted by atomic mass is 10.3. The third-order valence-corrected chi connectivity index (χ3v) is 3.65. The van der Waals surface area contributed by atoms with Gasteiger partial charge in [-0.25, -0.2) is 10.8 Å². The molecule has 0 bridgehead atoms. The van der Waals surface area contributed by atoms with Crippen LogP contribution in [-0.4, -0.2) is 10.1 Å². The minimum absolute atomic E-state index is 0.254. The second-order valence-corrected chi connectivity index (χ2v) is 5.01. The fourth-order valence-corrected chi connectivity index (χ4v) is 2.46. The van der Waals surface area contributed by atoms with Crippen LogP contribution in [0.5, 0.6) is 5.75 Å². The van der Waals surface area contributed by atoms with Crippen LogP contribution in [0, 0.1) is 0 Å². The molecule has 0 fully saturated rings.